The van der Waals surface area contributed by atoms with Gasteiger partial charge in [-0.1, -0.05) is 31.2 Å². The molecule has 2 heterocycles. The van der Waals surface area contributed by atoms with Crippen molar-refractivity contribution in [2.24, 2.45) is 10.7 Å². The van der Waals surface area contributed by atoms with Gasteiger partial charge >= 0.3 is 0 Å². The molecule has 1 amide bonds. The van der Waals surface area contributed by atoms with Crippen LogP contribution in [0.25, 0.3) is 17.2 Å². The van der Waals surface area contributed by atoms with Crippen molar-refractivity contribution in [3.8, 4) is 11.1 Å². The molecule has 2 aromatic carbocycles. The number of fused-ring (bicyclic) bond motifs is 1. The topological polar surface area (TPSA) is 156 Å². The fraction of sp³-hybridized carbons (Fsp3) is 0.300. The molecule has 0 saturated carbocycles. The lowest BCUT2D eigenvalue weighted by Gasteiger charge is -2.22. The van der Waals surface area contributed by atoms with Crippen molar-refractivity contribution >= 4 is 39.2 Å². The number of carbonyl (C=O) groups excluding carboxylic acids is 1. The van der Waals surface area contributed by atoms with Crippen LogP contribution in [0, 0.1) is 0 Å². The van der Waals surface area contributed by atoms with E-state index in [0.29, 0.717) is 53.1 Å². The number of hydroxylamine groups is 2. The van der Waals surface area contributed by atoms with E-state index < -0.39 is 10.0 Å². The van der Waals surface area contributed by atoms with Crippen LogP contribution in [0.3, 0.4) is 0 Å². The number of aliphatic imine (C=N–C) groups is 1. The number of anilines is 1. The van der Waals surface area contributed by atoms with Crippen LogP contribution in [-0.2, 0) is 26.3 Å². The molecule has 1 aliphatic heterocycles. The smallest absolute Gasteiger partial charge is 0.273 e. The molecule has 0 unspecified atom stereocenters. The molecule has 222 valence electrons. The van der Waals surface area contributed by atoms with Crippen LogP contribution in [0.1, 0.15) is 30.9 Å². The zero-order chi connectivity index (χ0) is 30.3. The van der Waals surface area contributed by atoms with Crippen LogP contribution in [0.15, 0.2) is 76.4 Å². The first-order valence-corrected chi connectivity index (χ1v) is 15.1. The maximum atomic E-state index is 13.5. The summed E-state index contributed by atoms with van der Waals surface area (Å²) in [6, 6.07) is 14.3. The molecular formula is C30H37N7O4S. The van der Waals surface area contributed by atoms with Crippen molar-refractivity contribution in [3.63, 3.8) is 0 Å². The fourth-order valence-corrected chi connectivity index (χ4v) is 5.28. The number of aromatic nitrogens is 1. The Morgan fingerprint density at radius 1 is 1.02 bits per heavy atom. The van der Waals surface area contributed by atoms with Crippen molar-refractivity contribution in [2.45, 2.75) is 31.3 Å². The third-order valence-electron chi connectivity index (χ3n) is 6.50. The fourth-order valence-electron chi connectivity index (χ4n) is 4.27. The minimum Gasteiger partial charge on any atom is -0.399 e. The van der Waals surface area contributed by atoms with Gasteiger partial charge in [0.2, 0.25) is 10.0 Å². The van der Waals surface area contributed by atoms with Crippen molar-refractivity contribution < 1.29 is 18.0 Å². The number of sulfonamides is 1. The number of nitrogens with zero attached hydrogens (tertiary/aromatic N) is 4. The molecule has 0 bridgehead atoms. The number of nitrogens with two attached hydrogens (primary N) is 2. The quantitative estimate of drug-likeness (QED) is 0.214. The molecule has 0 aliphatic carbocycles. The Bertz CT molecular complexity index is 1590. The zero-order valence-corrected chi connectivity index (χ0v) is 24.9. The second kappa shape index (κ2) is 13.7. The van der Waals surface area contributed by atoms with E-state index in [0.717, 1.165) is 5.56 Å². The van der Waals surface area contributed by atoms with E-state index in [1.165, 1.54) is 11.3 Å². The Kier molecular flexibility index (Phi) is 10.1. The molecule has 4 rings (SSSR count). The summed E-state index contributed by atoms with van der Waals surface area (Å²) >= 11 is 0. The SMILES string of the molecule is CCCN(OCc1ccc(N)cc1)C(=O)C1=Cc2ccc(-c3cncc(S(=O)(=O)NCCN(C)C)c3)cc2N=C(N)C1. The van der Waals surface area contributed by atoms with E-state index in [9.17, 15) is 13.2 Å². The second-order valence-corrected chi connectivity index (χ2v) is 12.0. The molecule has 11 nitrogen and oxygen atoms in total. The molecule has 1 aromatic heterocycles. The number of hydrogen-bond acceptors (Lipinski definition) is 9. The monoisotopic (exact) mass is 591 g/mol. The Morgan fingerprint density at radius 2 is 1.79 bits per heavy atom. The highest BCUT2D eigenvalue weighted by Crippen LogP contribution is 2.32. The van der Waals surface area contributed by atoms with Gasteiger partial charge in [0.05, 0.1) is 5.69 Å². The van der Waals surface area contributed by atoms with E-state index in [2.05, 4.69) is 14.7 Å². The third kappa shape index (κ3) is 8.01. The third-order valence-corrected chi connectivity index (χ3v) is 7.93. The van der Waals surface area contributed by atoms with E-state index in [-0.39, 0.29) is 36.2 Å². The number of nitrogen functional groups attached to an aromatic ring is 1. The van der Waals surface area contributed by atoms with Gasteiger partial charge in [0, 0.05) is 60.8 Å². The molecule has 5 N–H and O–H groups in total. The molecular weight excluding hydrogens is 554 g/mol. The van der Waals surface area contributed by atoms with Gasteiger partial charge in [-0.25, -0.2) is 23.2 Å². The summed E-state index contributed by atoms with van der Waals surface area (Å²) < 4.78 is 28.2. The van der Waals surface area contributed by atoms with Crippen LogP contribution in [0.5, 0.6) is 0 Å². The summed E-state index contributed by atoms with van der Waals surface area (Å²) in [6.45, 7) is 3.44. The van der Waals surface area contributed by atoms with Crippen molar-refractivity contribution in [1.82, 2.24) is 19.7 Å². The van der Waals surface area contributed by atoms with Gasteiger partial charge < -0.3 is 16.4 Å². The maximum absolute atomic E-state index is 13.5. The number of benzene rings is 2. The zero-order valence-electron chi connectivity index (χ0n) is 24.1. The number of nitrogens with one attached hydrogen (secondary N) is 1. The van der Waals surface area contributed by atoms with Crippen LogP contribution >= 0.6 is 0 Å². The lowest BCUT2D eigenvalue weighted by atomic mass is 10.0. The number of hydrogen-bond donors (Lipinski definition) is 3. The molecule has 3 aromatic rings. The predicted molar refractivity (Wildman–Crippen MR) is 165 cm³/mol. The van der Waals surface area contributed by atoms with Crippen LogP contribution in [0.2, 0.25) is 0 Å². The minimum atomic E-state index is -3.73. The first-order chi connectivity index (χ1) is 20.1. The van der Waals surface area contributed by atoms with Gasteiger partial charge in [0.15, 0.2) is 0 Å². The van der Waals surface area contributed by atoms with Gasteiger partial charge in [-0.05, 0) is 62.0 Å². The summed E-state index contributed by atoms with van der Waals surface area (Å²) in [5, 5.41) is 1.36. The Morgan fingerprint density at radius 3 is 2.50 bits per heavy atom. The lowest BCUT2D eigenvalue weighted by molar-refractivity contribution is -0.187. The molecule has 42 heavy (non-hydrogen) atoms. The molecule has 0 spiro atoms. The average Bonchev–Trinajstić information content (AvgIpc) is 3.13. The number of pyridine rings is 1. The number of likely N-dealkylation sites (N-methyl/N-ethyl adjacent to an activating group) is 1. The van der Waals surface area contributed by atoms with Gasteiger partial charge in [0.1, 0.15) is 17.3 Å². The summed E-state index contributed by atoms with van der Waals surface area (Å²) in [6.07, 6.45) is 5.55. The maximum Gasteiger partial charge on any atom is 0.273 e. The highest BCUT2D eigenvalue weighted by Gasteiger charge is 2.23. The van der Waals surface area contributed by atoms with E-state index in [1.807, 2.05) is 50.2 Å². The molecule has 0 radical (unpaired) electrons. The average molecular weight is 592 g/mol. The summed E-state index contributed by atoms with van der Waals surface area (Å²) in [5.41, 5.74) is 16.6. The first kappa shape index (κ1) is 30.8. The highest BCUT2D eigenvalue weighted by molar-refractivity contribution is 7.89. The van der Waals surface area contributed by atoms with Gasteiger partial charge in [0.25, 0.3) is 5.91 Å². The summed E-state index contributed by atoms with van der Waals surface area (Å²) in [5.74, 6) is -0.00808. The molecule has 0 atom stereocenters. The molecule has 0 fully saturated rings. The van der Waals surface area contributed by atoms with Crippen molar-refractivity contribution in [2.75, 3.05) is 39.5 Å². The van der Waals surface area contributed by atoms with E-state index in [4.69, 9.17) is 16.3 Å². The first-order valence-electron chi connectivity index (χ1n) is 13.6. The van der Waals surface area contributed by atoms with Gasteiger partial charge in [-0.15, -0.1) is 0 Å². The minimum absolute atomic E-state index is 0.0690. The number of carbonyl (C=O) groups is 1. The molecule has 12 heteroatoms. The Balaban J connectivity index is 1.56. The Labute approximate surface area is 246 Å². The number of amidine groups is 1. The van der Waals surface area contributed by atoms with Crippen LogP contribution in [-0.4, -0.2) is 68.8 Å². The predicted octanol–water partition coefficient (Wildman–Crippen LogP) is 3.32. The Hall–Kier alpha value is -4.10. The standard InChI is InChI=1S/C30H37N7O4S/c1-4-12-37(41-20-21-5-9-26(31)10-6-21)30(38)24-14-23-8-7-22(16-28(23)35-29(32)17-24)25-15-27(19-33-18-25)42(39,40)34-11-13-36(2)3/h5-10,14-16,18-19,34H,4,11-13,17,20,31H2,1-3H3,(H2,32,35). The normalized spacial score (nSPS) is 13.2. The second-order valence-electron chi connectivity index (χ2n) is 10.3. The van der Waals surface area contributed by atoms with Gasteiger partial charge in [-0.2, -0.15) is 0 Å². The van der Waals surface area contributed by atoms with Gasteiger partial charge in [-0.3, -0.25) is 14.6 Å². The largest absolute Gasteiger partial charge is 0.399 e. The van der Waals surface area contributed by atoms with Crippen LogP contribution < -0.4 is 16.2 Å². The number of rotatable bonds is 12. The van der Waals surface area contributed by atoms with Crippen molar-refractivity contribution in [3.05, 3.63) is 77.6 Å². The van der Waals surface area contributed by atoms with Crippen molar-refractivity contribution in [1.29, 1.82) is 0 Å². The van der Waals surface area contributed by atoms with Crippen LogP contribution in [0.4, 0.5) is 11.4 Å². The summed E-state index contributed by atoms with van der Waals surface area (Å²) in [4.78, 5) is 30.1. The molecule has 1 aliphatic rings. The lowest BCUT2D eigenvalue weighted by Crippen LogP contribution is -2.34. The highest BCUT2D eigenvalue weighted by atomic mass is 32.2. The summed E-state index contributed by atoms with van der Waals surface area (Å²) in [7, 11) is 0.0140. The number of amides is 1. The van der Waals surface area contributed by atoms with E-state index in [1.54, 1.807) is 36.5 Å². The molecule has 0 saturated heterocycles. The van der Waals surface area contributed by atoms with E-state index >= 15 is 0 Å².